The van der Waals surface area contributed by atoms with E-state index in [1.807, 2.05) is 20.0 Å². The Bertz CT molecular complexity index is 377. The molecule has 1 aromatic rings. The van der Waals surface area contributed by atoms with Crippen molar-refractivity contribution in [2.45, 2.75) is 19.4 Å². The molecule has 70 valence electrons. The molecule has 2 N–H and O–H groups in total. The predicted octanol–water partition coefficient (Wildman–Crippen LogP) is 1.88. The van der Waals surface area contributed by atoms with Crippen molar-refractivity contribution in [2.75, 3.05) is 0 Å². The van der Waals surface area contributed by atoms with Crippen molar-refractivity contribution in [1.29, 1.82) is 0 Å². The largest absolute Gasteiger partial charge is 0.347 e. The van der Waals surface area contributed by atoms with Gasteiger partial charge in [0.2, 0.25) is 0 Å². The topological polar surface area (TPSA) is 30.9 Å². The molecule has 3 heteroatoms. The molecular weight excluding hydrogens is 184 g/mol. The third kappa shape index (κ3) is 1.21. The minimum atomic E-state index is 0.117. The third-order valence-corrected chi connectivity index (χ3v) is 3.20. The highest BCUT2D eigenvalue weighted by Crippen LogP contribution is 2.31. The highest BCUT2D eigenvalue weighted by Gasteiger charge is 2.19. The fourth-order valence-electron chi connectivity index (χ4n) is 1.79. The monoisotopic (exact) mass is 196 g/mol. The molecule has 0 spiro atoms. The van der Waals surface area contributed by atoms with E-state index in [1.165, 1.54) is 11.3 Å². The second kappa shape index (κ2) is 2.89. The van der Waals surface area contributed by atoms with Crippen molar-refractivity contribution in [1.82, 2.24) is 4.57 Å². The van der Waals surface area contributed by atoms with Gasteiger partial charge in [-0.2, -0.15) is 0 Å². The van der Waals surface area contributed by atoms with Gasteiger partial charge in [0.25, 0.3) is 0 Å². The van der Waals surface area contributed by atoms with Crippen LogP contribution in [0.5, 0.6) is 0 Å². The average Bonchev–Trinajstić information content (AvgIpc) is 2.32. The van der Waals surface area contributed by atoms with Crippen molar-refractivity contribution in [3.63, 3.8) is 0 Å². The van der Waals surface area contributed by atoms with Crippen molar-refractivity contribution in [3.8, 4) is 0 Å². The van der Waals surface area contributed by atoms with Gasteiger partial charge in [0.15, 0.2) is 0 Å². The highest BCUT2D eigenvalue weighted by atomic mass is 35.5. The summed E-state index contributed by atoms with van der Waals surface area (Å²) in [6, 6.07) is 0.117. The van der Waals surface area contributed by atoms with E-state index in [-0.39, 0.29) is 6.04 Å². The Morgan fingerprint density at radius 2 is 2.31 bits per heavy atom. The minimum Gasteiger partial charge on any atom is -0.347 e. The van der Waals surface area contributed by atoms with Crippen LogP contribution >= 0.6 is 11.6 Å². The zero-order chi connectivity index (χ0) is 9.59. The zero-order valence-corrected chi connectivity index (χ0v) is 8.60. The van der Waals surface area contributed by atoms with E-state index >= 15 is 0 Å². The van der Waals surface area contributed by atoms with Gasteiger partial charge in [0.05, 0.1) is 5.02 Å². The number of hydrogen-bond donors (Lipinski definition) is 1. The van der Waals surface area contributed by atoms with E-state index in [2.05, 4.69) is 10.6 Å². The summed E-state index contributed by atoms with van der Waals surface area (Å²) in [6.07, 6.45) is 4.94. The lowest BCUT2D eigenvalue weighted by atomic mass is 10.0. The Kier molecular flexibility index (Phi) is 1.97. The maximum atomic E-state index is 6.19. The first-order chi connectivity index (χ1) is 6.11. The van der Waals surface area contributed by atoms with Crippen LogP contribution in [0.3, 0.4) is 0 Å². The van der Waals surface area contributed by atoms with Crippen LogP contribution in [0.4, 0.5) is 0 Å². The van der Waals surface area contributed by atoms with Gasteiger partial charge in [-0.15, -0.1) is 0 Å². The lowest BCUT2D eigenvalue weighted by Crippen LogP contribution is -2.22. The number of nitrogens with two attached hydrogens (primary N) is 1. The maximum absolute atomic E-state index is 6.19. The van der Waals surface area contributed by atoms with Crippen molar-refractivity contribution in [3.05, 3.63) is 28.0 Å². The second-order valence-electron chi connectivity index (χ2n) is 3.55. The summed E-state index contributed by atoms with van der Waals surface area (Å²) in [5.74, 6) is 0. The van der Waals surface area contributed by atoms with Crippen LogP contribution in [0.15, 0.2) is 6.08 Å². The van der Waals surface area contributed by atoms with Gasteiger partial charge in [-0.3, -0.25) is 0 Å². The first-order valence-electron chi connectivity index (χ1n) is 4.38. The van der Waals surface area contributed by atoms with Gasteiger partial charge in [-0.25, -0.2) is 0 Å². The van der Waals surface area contributed by atoms with Crippen LogP contribution in [0.2, 0.25) is 5.02 Å². The number of nitrogens with zero attached hydrogens (tertiary/aromatic N) is 1. The van der Waals surface area contributed by atoms with Crippen LogP contribution < -0.4 is 5.73 Å². The van der Waals surface area contributed by atoms with Crippen molar-refractivity contribution < 1.29 is 0 Å². The van der Waals surface area contributed by atoms with Gasteiger partial charge in [0.1, 0.15) is 0 Å². The lowest BCUT2D eigenvalue weighted by molar-refractivity contribution is 0.786. The molecule has 0 aromatic carbocycles. The first kappa shape index (κ1) is 8.85. The van der Waals surface area contributed by atoms with Gasteiger partial charge >= 0.3 is 0 Å². The highest BCUT2D eigenvalue weighted by molar-refractivity contribution is 6.32. The van der Waals surface area contributed by atoms with E-state index in [0.717, 1.165) is 17.1 Å². The van der Waals surface area contributed by atoms with Crippen molar-refractivity contribution in [2.24, 2.45) is 12.8 Å². The van der Waals surface area contributed by atoms with Gasteiger partial charge in [-0.1, -0.05) is 17.7 Å². The quantitative estimate of drug-likeness (QED) is 0.675. The van der Waals surface area contributed by atoms with Gasteiger partial charge in [-0.05, 0) is 25.0 Å². The molecule has 2 rings (SSSR count). The molecule has 0 saturated carbocycles. The number of hydrogen-bond acceptors (Lipinski definition) is 1. The molecule has 1 aromatic heterocycles. The van der Waals surface area contributed by atoms with Gasteiger partial charge in [0, 0.05) is 24.5 Å². The molecule has 1 aliphatic rings. The molecule has 0 radical (unpaired) electrons. The van der Waals surface area contributed by atoms with Crippen LogP contribution in [0, 0.1) is 6.92 Å². The van der Waals surface area contributed by atoms with E-state index in [1.54, 1.807) is 0 Å². The van der Waals surface area contributed by atoms with E-state index in [4.69, 9.17) is 17.3 Å². The molecule has 1 aliphatic carbocycles. The fourth-order valence-corrected chi connectivity index (χ4v) is 2.09. The first-order valence-corrected chi connectivity index (χ1v) is 4.76. The second-order valence-corrected chi connectivity index (χ2v) is 3.93. The summed E-state index contributed by atoms with van der Waals surface area (Å²) in [5, 5.41) is 0.873. The molecule has 0 amide bonds. The predicted molar refractivity (Wildman–Crippen MR) is 55.9 cm³/mol. The lowest BCUT2D eigenvalue weighted by Gasteiger charge is -2.13. The number of aromatic nitrogens is 1. The Labute approximate surface area is 83.0 Å². The molecule has 13 heavy (non-hydrogen) atoms. The summed E-state index contributed by atoms with van der Waals surface area (Å²) in [7, 11) is 2.03. The molecule has 0 aliphatic heterocycles. The SMILES string of the molecule is Cc1c(Cl)c2c(n1C)C=CC(N)C2. The molecule has 2 nitrogen and oxygen atoms in total. The summed E-state index contributed by atoms with van der Waals surface area (Å²) < 4.78 is 2.11. The molecule has 1 atom stereocenters. The van der Waals surface area contributed by atoms with E-state index in [0.29, 0.717) is 0 Å². The van der Waals surface area contributed by atoms with Gasteiger partial charge < -0.3 is 10.3 Å². The van der Waals surface area contributed by atoms with Crippen molar-refractivity contribution >= 4 is 17.7 Å². The standard InChI is InChI=1S/C10H13ClN2/c1-6-10(11)8-5-7(12)3-4-9(8)13(6)2/h3-4,7H,5,12H2,1-2H3. The fraction of sp³-hybridized carbons (Fsp3) is 0.400. The van der Waals surface area contributed by atoms with Crippen LogP contribution in [-0.4, -0.2) is 10.6 Å². The Morgan fingerprint density at radius 3 is 3.00 bits per heavy atom. The molecule has 1 unspecified atom stereocenters. The Balaban J connectivity index is 2.63. The van der Waals surface area contributed by atoms with E-state index < -0.39 is 0 Å². The van der Waals surface area contributed by atoms with Crippen LogP contribution in [-0.2, 0) is 13.5 Å². The minimum absolute atomic E-state index is 0.117. The smallest absolute Gasteiger partial charge is 0.0651 e. The van der Waals surface area contributed by atoms with E-state index in [9.17, 15) is 0 Å². The Morgan fingerprint density at radius 1 is 1.62 bits per heavy atom. The normalized spacial score (nSPS) is 20.5. The summed E-state index contributed by atoms with van der Waals surface area (Å²) >= 11 is 6.19. The molecule has 0 saturated heterocycles. The average molecular weight is 197 g/mol. The summed E-state index contributed by atoms with van der Waals surface area (Å²) in [4.78, 5) is 0. The number of rotatable bonds is 0. The molecule has 0 bridgehead atoms. The maximum Gasteiger partial charge on any atom is 0.0651 e. The molecule has 0 fully saturated rings. The molecule has 1 heterocycles. The van der Waals surface area contributed by atoms with Crippen LogP contribution in [0.1, 0.15) is 17.0 Å². The Hall–Kier alpha value is -0.730. The summed E-state index contributed by atoms with van der Waals surface area (Å²) in [5.41, 5.74) is 9.33. The summed E-state index contributed by atoms with van der Waals surface area (Å²) in [6.45, 7) is 2.03. The zero-order valence-electron chi connectivity index (χ0n) is 7.84. The number of halogens is 1. The van der Waals surface area contributed by atoms with Crippen LogP contribution in [0.25, 0.3) is 6.08 Å². The number of fused-ring (bicyclic) bond motifs is 1. The molecular formula is C10H13ClN2. The third-order valence-electron chi connectivity index (χ3n) is 2.70.